The van der Waals surface area contributed by atoms with Gasteiger partial charge in [-0.05, 0) is 50.5 Å². The molecule has 0 spiro atoms. The summed E-state index contributed by atoms with van der Waals surface area (Å²) in [6.07, 6.45) is 3.74. The molecule has 1 saturated carbocycles. The molecule has 1 fully saturated rings. The van der Waals surface area contributed by atoms with E-state index in [2.05, 4.69) is 15.6 Å². The van der Waals surface area contributed by atoms with Crippen LogP contribution in [0.5, 0.6) is 0 Å². The summed E-state index contributed by atoms with van der Waals surface area (Å²) in [7, 11) is 0. The Kier molecular flexibility index (Phi) is 3.95. The van der Waals surface area contributed by atoms with Crippen LogP contribution in [0.15, 0.2) is 42.6 Å². The Bertz CT molecular complexity index is 1020. The Morgan fingerprint density at radius 1 is 1.12 bits per heavy atom. The first-order valence-corrected chi connectivity index (χ1v) is 8.69. The monoisotopic (exact) mass is 348 g/mol. The Morgan fingerprint density at radius 3 is 2.65 bits per heavy atom. The molecule has 0 bridgehead atoms. The highest BCUT2D eigenvalue weighted by atomic mass is 16.2. The molecule has 6 nitrogen and oxygen atoms in total. The minimum absolute atomic E-state index is 0.196. The van der Waals surface area contributed by atoms with Crippen molar-refractivity contribution in [2.24, 2.45) is 0 Å². The van der Waals surface area contributed by atoms with Gasteiger partial charge in [0, 0.05) is 17.9 Å². The number of imidazole rings is 1. The molecule has 0 unspecified atom stereocenters. The van der Waals surface area contributed by atoms with Crippen molar-refractivity contribution in [2.75, 3.05) is 5.32 Å². The van der Waals surface area contributed by atoms with E-state index in [1.165, 1.54) is 0 Å². The van der Waals surface area contributed by atoms with E-state index < -0.39 is 0 Å². The van der Waals surface area contributed by atoms with Gasteiger partial charge in [0.1, 0.15) is 0 Å². The standard InChI is InChI=1S/C20H20N4O2/c1-12-6-9-15(13(2)11-12)22-20(26)18-23-17(19(25)21-14-7-8-14)16-5-3-4-10-24(16)18/h3-6,9-11,14H,7-8H2,1-2H3,(H,21,25)(H,22,26). The predicted molar refractivity (Wildman–Crippen MR) is 99.5 cm³/mol. The summed E-state index contributed by atoms with van der Waals surface area (Å²) in [6.45, 7) is 3.95. The number of pyridine rings is 1. The minimum Gasteiger partial charge on any atom is -0.348 e. The van der Waals surface area contributed by atoms with E-state index in [1.807, 2.05) is 44.2 Å². The van der Waals surface area contributed by atoms with Crippen LogP contribution in [-0.4, -0.2) is 27.2 Å². The summed E-state index contributed by atoms with van der Waals surface area (Å²) in [4.78, 5) is 29.6. The topological polar surface area (TPSA) is 75.5 Å². The number of hydrogen-bond donors (Lipinski definition) is 2. The van der Waals surface area contributed by atoms with Crippen LogP contribution in [0.2, 0.25) is 0 Å². The molecule has 2 amide bonds. The van der Waals surface area contributed by atoms with E-state index in [1.54, 1.807) is 16.7 Å². The third-order valence-corrected chi connectivity index (χ3v) is 4.51. The minimum atomic E-state index is -0.344. The van der Waals surface area contributed by atoms with Crippen molar-refractivity contribution in [1.82, 2.24) is 14.7 Å². The van der Waals surface area contributed by atoms with Crippen molar-refractivity contribution in [1.29, 1.82) is 0 Å². The summed E-state index contributed by atoms with van der Waals surface area (Å²) in [5.41, 5.74) is 3.74. The van der Waals surface area contributed by atoms with Crippen LogP contribution >= 0.6 is 0 Å². The highest BCUT2D eigenvalue weighted by Gasteiger charge is 2.27. The molecule has 0 atom stereocenters. The number of amides is 2. The molecular formula is C20H20N4O2. The van der Waals surface area contributed by atoms with Gasteiger partial charge in [-0.15, -0.1) is 0 Å². The van der Waals surface area contributed by atoms with E-state index in [-0.39, 0.29) is 29.4 Å². The number of fused-ring (bicyclic) bond motifs is 1. The molecule has 0 aliphatic heterocycles. The van der Waals surface area contributed by atoms with Gasteiger partial charge in [0.15, 0.2) is 5.69 Å². The lowest BCUT2D eigenvalue weighted by atomic mass is 10.1. The molecule has 0 radical (unpaired) electrons. The number of aromatic nitrogens is 2. The van der Waals surface area contributed by atoms with Crippen LogP contribution in [0, 0.1) is 13.8 Å². The maximum Gasteiger partial charge on any atom is 0.292 e. The third-order valence-electron chi connectivity index (χ3n) is 4.51. The van der Waals surface area contributed by atoms with E-state index in [0.717, 1.165) is 29.7 Å². The second-order valence-electron chi connectivity index (χ2n) is 6.76. The third kappa shape index (κ3) is 3.06. The number of aryl methyl sites for hydroxylation is 2. The highest BCUT2D eigenvalue weighted by Crippen LogP contribution is 2.21. The zero-order valence-electron chi connectivity index (χ0n) is 14.7. The number of nitrogens with zero attached hydrogens (tertiary/aromatic N) is 2. The van der Waals surface area contributed by atoms with Gasteiger partial charge < -0.3 is 10.6 Å². The molecule has 26 heavy (non-hydrogen) atoms. The lowest BCUT2D eigenvalue weighted by Crippen LogP contribution is -2.26. The average Bonchev–Trinajstić information content (AvgIpc) is 3.34. The van der Waals surface area contributed by atoms with Gasteiger partial charge in [0.05, 0.1) is 5.52 Å². The maximum absolute atomic E-state index is 12.8. The number of nitrogens with one attached hydrogen (secondary N) is 2. The van der Waals surface area contributed by atoms with E-state index >= 15 is 0 Å². The molecule has 1 aliphatic carbocycles. The average molecular weight is 348 g/mol. The molecular weight excluding hydrogens is 328 g/mol. The fourth-order valence-corrected chi connectivity index (χ4v) is 2.98. The summed E-state index contributed by atoms with van der Waals surface area (Å²) < 4.78 is 1.65. The largest absolute Gasteiger partial charge is 0.348 e. The number of rotatable bonds is 4. The number of carbonyl (C=O) groups is 2. The van der Waals surface area contributed by atoms with Gasteiger partial charge in [0.25, 0.3) is 11.8 Å². The number of hydrogen-bond acceptors (Lipinski definition) is 3. The highest BCUT2D eigenvalue weighted by molar-refractivity contribution is 6.06. The smallest absolute Gasteiger partial charge is 0.292 e. The van der Waals surface area contributed by atoms with E-state index in [4.69, 9.17) is 0 Å². The molecule has 6 heteroatoms. The molecule has 1 aliphatic rings. The first-order valence-electron chi connectivity index (χ1n) is 8.69. The van der Waals surface area contributed by atoms with Crippen LogP contribution in [0.25, 0.3) is 5.52 Å². The van der Waals surface area contributed by atoms with E-state index in [9.17, 15) is 9.59 Å². The van der Waals surface area contributed by atoms with Crippen molar-refractivity contribution >= 4 is 23.0 Å². The van der Waals surface area contributed by atoms with Gasteiger partial charge in [-0.2, -0.15) is 0 Å². The number of anilines is 1. The normalized spacial score (nSPS) is 13.6. The second-order valence-corrected chi connectivity index (χ2v) is 6.76. The van der Waals surface area contributed by atoms with Crippen LogP contribution < -0.4 is 10.6 Å². The van der Waals surface area contributed by atoms with Gasteiger partial charge in [-0.1, -0.05) is 23.8 Å². The fourth-order valence-electron chi connectivity index (χ4n) is 2.98. The Hall–Kier alpha value is -3.15. The van der Waals surface area contributed by atoms with Crippen molar-refractivity contribution in [3.63, 3.8) is 0 Å². The molecule has 2 heterocycles. The van der Waals surface area contributed by atoms with Crippen molar-refractivity contribution in [3.05, 3.63) is 65.2 Å². The maximum atomic E-state index is 12.8. The zero-order chi connectivity index (χ0) is 18.3. The van der Waals surface area contributed by atoms with Crippen LogP contribution in [0.3, 0.4) is 0 Å². The molecule has 3 aromatic rings. The summed E-state index contributed by atoms with van der Waals surface area (Å²) in [5.74, 6) is -0.382. The number of carbonyl (C=O) groups excluding carboxylic acids is 2. The molecule has 1 aromatic carbocycles. The Balaban J connectivity index is 1.69. The quantitative estimate of drug-likeness (QED) is 0.761. The Labute approximate surface area is 151 Å². The van der Waals surface area contributed by atoms with Gasteiger partial charge in [-0.3, -0.25) is 14.0 Å². The summed E-state index contributed by atoms with van der Waals surface area (Å²) in [6, 6.07) is 11.5. The van der Waals surface area contributed by atoms with Crippen molar-refractivity contribution in [2.45, 2.75) is 32.7 Å². The Morgan fingerprint density at radius 2 is 1.92 bits per heavy atom. The summed E-state index contributed by atoms with van der Waals surface area (Å²) >= 11 is 0. The van der Waals surface area contributed by atoms with Gasteiger partial charge >= 0.3 is 0 Å². The molecule has 0 saturated heterocycles. The first-order chi connectivity index (χ1) is 12.5. The molecule has 132 valence electrons. The summed E-state index contributed by atoms with van der Waals surface area (Å²) in [5, 5.41) is 5.83. The predicted octanol–water partition coefficient (Wildman–Crippen LogP) is 3.10. The van der Waals surface area contributed by atoms with E-state index in [0.29, 0.717) is 5.52 Å². The molecule has 4 rings (SSSR count). The fraction of sp³-hybridized carbons (Fsp3) is 0.250. The molecule has 2 N–H and O–H groups in total. The lowest BCUT2D eigenvalue weighted by Gasteiger charge is -2.08. The number of benzene rings is 1. The lowest BCUT2D eigenvalue weighted by molar-refractivity contribution is 0.0948. The van der Waals surface area contributed by atoms with Crippen molar-refractivity contribution < 1.29 is 9.59 Å². The van der Waals surface area contributed by atoms with Gasteiger partial charge in [0.2, 0.25) is 5.82 Å². The zero-order valence-corrected chi connectivity index (χ0v) is 14.7. The molecule has 2 aromatic heterocycles. The van der Waals surface area contributed by atoms with Gasteiger partial charge in [-0.25, -0.2) is 4.98 Å². The van der Waals surface area contributed by atoms with Crippen molar-refractivity contribution in [3.8, 4) is 0 Å². The second kappa shape index (κ2) is 6.29. The van der Waals surface area contributed by atoms with Crippen LogP contribution in [0.1, 0.15) is 45.1 Å². The SMILES string of the molecule is Cc1ccc(NC(=O)c2nc(C(=O)NC3CC3)c3ccccn23)c(C)c1. The first kappa shape index (κ1) is 16.3. The van der Waals surface area contributed by atoms with Crippen LogP contribution in [-0.2, 0) is 0 Å². The van der Waals surface area contributed by atoms with Crippen LogP contribution in [0.4, 0.5) is 5.69 Å².